The van der Waals surface area contributed by atoms with Crippen LogP contribution in [0.2, 0.25) is 0 Å². The first-order chi connectivity index (χ1) is 13.2. The molecule has 0 aliphatic heterocycles. The van der Waals surface area contributed by atoms with Gasteiger partial charge in [-0.15, -0.1) is 0 Å². The molecule has 152 valence electrons. The van der Waals surface area contributed by atoms with Crippen molar-refractivity contribution in [3.05, 3.63) is 34.3 Å². The van der Waals surface area contributed by atoms with Crippen LogP contribution in [0.3, 0.4) is 0 Å². The standard InChI is InChI=1S/C23H37BrN2O/c1-2-3-4-5-6-7-8-9-10-11-12-13-14-19-23(27)26-25-20-21-17-15-16-18-22(21)24/h15-18,20H,2-14,19H2,1H3,(H,26,27). The lowest BCUT2D eigenvalue weighted by Gasteiger charge is -2.03. The monoisotopic (exact) mass is 436 g/mol. The lowest BCUT2D eigenvalue weighted by molar-refractivity contribution is -0.121. The molecular weight excluding hydrogens is 400 g/mol. The minimum absolute atomic E-state index is 0.00127. The molecule has 0 atom stereocenters. The van der Waals surface area contributed by atoms with E-state index in [2.05, 4.69) is 33.4 Å². The molecule has 0 radical (unpaired) electrons. The molecule has 1 N–H and O–H groups in total. The fourth-order valence-electron chi connectivity index (χ4n) is 3.11. The molecule has 4 heteroatoms. The van der Waals surface area contributed by atoms with Gasteiger partial charge in [-0.2, -0.15) is 5.10 Å². The normalized spacial score (nSPS) is 11.2. The molecule has 0 bridgehead atoms. The minimum atomic E-state index is 0.00127. The van der Waals surface area contributed by atoms with Crippen molar-refractivity contribution < 1.29 is 4.79 Å². The number of carbonyl (C=O) groups is 1. The Hall–Kier alpha value is -1.16. The highest BCUT2D eigenvalue weighted by molar-refractivity contribution is 9.10. The third kappa shape index (κ3) is 13.6. The van der Waals surface area contributed by atoms with Gasteiger partial charge in [-0.05, 0) is 12.5 Å². The summed E-state index contributed by atoms with van der Waals surface area (Å²) in [5.41, 5.74) is 3.57. The van der Waals surface area contributed by atoms with Crippen LogP contribution in [0.1, 0.15) is 102 Å². The molecule has 1 rings (SSSR count). The topological polar surface area (TPSA) is 41.5 Å². The molecule has 3 nitrogen and oxygen atoms in total. The molecule has 0 heterocycles. The molecule has 0 spiro atoms. The average Bonchev–Trinajstić information content (AvgIpc) is 2.67. The number of halogens is 1. The first-order valence-electron chi connectivity index (χ1n) is 10.8. The zero-order valence-corrected chi connectivity index (χ0v) is 18.6. The van der Waals surface area contributed by atoms with Crippen LogP contribution in [0.15, 0.2) is 33.8 Å². The van der Waals surface area contributed by atoms with Gasteiger partial charge in [0.1, 0.15) is 0 Å². The molecule has 0 aliphatic carbocycles. The molecule has 1 aromatic carbocycles. The highest BCUT2D eigenvalue weighted by atomic mass is 79.9. The Bertz CT molecular complexity index is 531. The summed E-state index contributed by atoms with van der Waals surface area (Å²) >= 11 is 3.46. The molecule has 0 saturated carbocycles. The van der Waals surface area contributed by atoms with Crippen molar-refractivity contribution in [3.63, 3.8) is 0 Å². The molecule has 0 aliphatic rings. The van der Waals surface area contributed by atoms with Crippen LogP contribution in [0.25, 0.3) is 0 Å². The van der Waals surface area contributed by atoms with E-state index in [0.717, 1.165) is 22.9 Å². The summed E-state index contributed by atoms with van der Waals surface area (Å²) in [5, 5.41) is 4.03. The van der Waals surface area contributed by atoms with E-state index in [-0.39, 0.29) is 5.91 Å². The van der Waals surface area contributed by atoms with Gasteiger partial charge >= 0.3 is 0 Å². The summed E-state index contributed by atoms with van der Waals surface area (Å²) in [6, 6.07) is 7.80. The van der Waals surface area contributed by atoms with E-state index in [9.17, 15) is 4.79 Å². The van der Waals surface area contributed by atoms with E-state index in [1.807, 2.05) is 24.3 Å². The van der Waals surface area contributed by atoms with Crippen LogP contribution >= 0.6 is 15.9 Å². The number of benzene rings is 1. The van der Waals surface area contributed by atoms with Gasteiger partial charge in [-0.25, -0.2) is 5.43 Å². The zero-order chi connectivity index (χ0) is 19.6. The van der Waals surface area contributed by atoms with Crippen molar-refractivity contribution in [1.29, 1.82) is 0 Å². The molecular formula is C23H37BrN2O. The Morgan fingerprint density at radius 1 is 0.889 bits per heavy atom. The number of hydrogen-bond acceptors (Lipinski definition) is 2. The van der Waals surface area contributed by atoms with Crippen LogP contribution in [-0.2, 0) is 4.79 Å². The van der Waals surface area contributed by atoms with E-state index in [1.54, 1.807) is 6.21 Å². The van der Waals surface area contributed by atoms with E-state index in [0.29, 0.717) is 6.42 Å². The van der Waals surface area contributed by atoms with E-state index in [1.165, 1.54) is 70.6 Å². The lowest BCUT2D eigenvalue weighted by Crippen LogP contribution is -2.16. The van der Waals surface area contributed by atoms with Gasteiger partial charge < -0.3 is 0 Å². The average molecular weight is 437 g/mol. The maximum atomic E-state index is 11.8. The number of nitrogens with one attached hydrogen (secondary N) is 1. The second kappa shape index (κ2) is 17.0. The Morgan fingerprint density at radius 3 is 1.96 bits per heavy atom. The van der Waals surface area contributed by atoms with Gasteiger partial charge in [-0.3, -0.25) is 4.79 Å². The molecule has 27 heavy (non-hydrogen) atoms. The van der Waals surface area contributed by atoms with Crippen molar-refractivity contribution in [2.45, 2.75) is 96.8 Å². The molecule has 0 unspecified atom stereocenters. The molecule has 1 aromatic rings. The van der Waals surface area contributed by atoms with E-state index < -0.39 is 0 Å². The first-order valence-corrected chi connectivity index (χ1v) is 11.6. The molecule has 0 aromatic heterocycles. The maximum Gasteiger partial charge on any atom is 0.240 e. The summed E-state index contributed by atoms with van der Waals surface area (Å²) in [4.78, 5) is 11.8. The van der Waals surface area contributed by atoms with Crippen molar-refractivity contribution in [2.75, 3.05) is 0 Å². The third-order valence-corrected chi connectivity index (χ3v) is 5.53. The lowest BCUT2D eigenvalue weighted by atomic mass is 10.0. The van der Waals surface area contributed by atoms with Crippen molar-refractivity contribution in [2.24, 2.45) is 5.10 Å². The van der Waals surface area contributed by atoms with Crippen LogP contribution in [-0.4, -0.2) is 12.1 Å². The number of hydrogen-bond donors (Lipinski definition) is 1. The zero-order valence-electron chi connectivity index (χ0n) is 17.0. The van der Waals surface area contributed by atoms with Crippen LogP contribution in [0, 0.1) is 0 Å². The summed E-state index contributed by atoms with van der Waals surface area (Å²) in [6.45, 7) is 2.27. The summed E-state index contributed by atoms with van der Waals surface area (Å²) in [6.07, 6.45) is 19.4. The predicted octanol–water partition coefficient (Wildman–Crippen LogP) is 7.38. The molecule has 1 amide bonds. The van der Waals surface area contributed by atoms with Crippen molar-refractivity contribution in [1.82, 2.24) is 5.43 Å². The Morgan fingerprint density at radius 2 is 1.41 bits per heavy atom. The van der Waals surface area contributed by atoms with Gasteiger partial charge in [0, 0.05) is 16.5 Å². The van der Waals surface area contributed by atoms with Gasteiger partial charge in [0.25, 0.3) is 0 Å². The number of unbranched alkanes of at least 4 members (excludes halogenated alkanes) is 12. The van der Waals surface area contributed by atoms with Crippen LogP contribution < -0.4 is 5.43 Å². The van der Waals surface area contributed by atoms with E-state index >= 15 is 0 Å². The fraction of sp³-hybridized carbons (Fsp3) is 0.652. The van der Waals surface area contributed by atoms with Crippen LogP contribution in [0.4, 0.5) is 0 Å². The summed E-state index contributed by atoms with van der Waals surface area (Å²) in [5.74, 6) is 0.00127. The van der Waals surface area contributed by atoms with Gasteiger partial charge in [-0.1, -0.05) is 118 Å². The minimum Gasteiger partial charge on any atom is -0.273 e. The largest absolute Gasteiger partial charge is 0.273 e. The maximum absolute atomic E-state index is 11.8. The number of amides is 1. The van der Waals surface area contributed by atoms with Crippen molar-refractivity contribution in [3.8, 4) is 0 Å². The van der Waals surface area contributed by atoms with Crippen molar-refractivity contribution >= 4 is 28.1 Å². The highest BCUT2D eigenvalue weighted by Gasteiger charge is 2.00. The van der Waals surface area contributed by atoms with Gasteiger partial charge in [0.05, 0.1) is 6.21 Å². The Labute approximate surface area is 174 Å². The van der Waals surface area contributed by atoms with E-state index in [4.69, 9.17) is 0 Å². The number of carbonyl (C=O) groups excluding carboxylic acids is 1. The number of rotatable bonds is 16. The Balaban J connectivity index is 1.89. The number of nitrogens with zero attached hydrogens (tertiary/aromatic N) is 1. The Kier molecular flexibility index (Phi) is 15.0. The smallest absolute Gasteiger partial charge is 0.240 e. The molecule has 0 fully saturated rings. The SMILES string of the molecule is CCCCCCCCCCCCCCCC(=O)NN=Cc1ccccc1Br. The predicted molar refractivity (Wildman–Crippen MR) is 120 cm³/mol. The highest BCUT2D eigenvalue weighted by Crippen LogP contribution is 2.14. The second-order valence-electron chi connectivity index (χ2n) is 7.31. The quantitative estimate of drug-likeness (QED) is 0.164. The fourth-order valence-corrected chi connectivity index (χ4v) is 3.50. The summed E-state index contributed by atoms with van der Waals surface area (Å²) < 4.78 is 0.972. The summed E-state index contributed by atoms with van der Waals surface area (Å²) in [7, 11) is 0. The first kappa shape index (κ1) is 23.9. The number of hydrazone groups is 1. The van der Waals surface area contributed by atoms with Gasteiger partial charge in [0.15, 0.2) is 0 Å². The third-order valence-electron chi connectivity index (χ3n) is 4.81. The molecule has 0 saturated heterocycles. The van der Waals surface area contributed by atoms with Gasteiger partial charge in [0.2, 0.25) is 5.91 Å². The van der Waals surface area contributed by atoms with Crippen LogP contribution in [0.5, 0.6) is 0 Å². The second-order valence-corrected chi connectivity index (χ2v) is 8.16.